The highest BCUT2D eigenvalue weighted by Crippen LogP contribution is 2.26. The number of halogens is 2. The highest BCUT2D eigenvalue weighted by Gasteiger charge is 2.22. The number of urea groups is 1. The monoisotopic (exact) mass is 346 g/mol. The standard InChI is InChI=1S/C13H16BrClN2O2/c14-11-7-10(1-2-12(11)15)16-13(19)17-5-3-9(8-18)4-6-17/h1-2,7,9,18H,3-6,8H2,(H,16,19). The second-order valence-corrected chi connectivity index (χ2v) is 5.93. The lowest BCUT2D eigenvalue weighted by Crippen LogP contribution is -2.41. The molecule has 2 rings (SSSR count). The maximum atomic E-state index is 12.1. The van der Waals surface area contributed by atoms with E-state index in [2.05, 4.69) is 21.2 Å². The van der Waals surface area contributed by atoms with Crippen molar-refractivity contribution < 1.29 is 9.90 Å². The van der Waals surface area contributed by atoms with Crippen LogP contribution in [0.3, 0.4) is 0 Å². The number of likely N-dealkylation sites (tertiary alicyclic amines) is 1. The Morgan fingerprint density at radius 1 is 1.47 bits per heavy atom. The molecule has 0 atom stereocenters. The Morgan fingerprint density at radius 3 is 2.74 bits per heavy atom. The summed E-state index contributed by atoms with van der Waals surface area (Å²) in [6, 6.07) is 5.18. The molecule has 0 aliphatic carbocycles. The van der Waals surface area contributed by atoms with Gasteiger partial charge in [-0.1, -0.05) is 11.6 Å². The fraction of sp³-hybridized carbons (Fsp3) is 0.462. The lowest BCUT2D eigenvalue weighted by Gasteiger charge is -2.31. The Morgan fingerprint density at radius 2 is 2.16 bits per heavy atom. The molecule has 0 unspecified atom stereocenters. The average Bonchev–Trinajstić information content (AvgIpc) is 2.43. The molecule has 2 N–H and O–H groups in total. The fourth-order valence-electron chi connectivity index (χ4n) is 2.10. The van der Waals surface area contributed by atoms with Crippen LogP contribution in [0.2, 0.25) is 5.02 Å². The number of hydrogen-bond donors (Lipinski definition) is 2. The zero-order chi connectivity index (χ0) is 13.8. The molecular weight excluding hydrogens is 332 g/mol. The number of carbonyl (C=O) groups is 1. The number of carbonyl (C=O) groups excluding carboxylic acids is 1. The third kappa shape index (κ3) is 3.84. The predicted molar refractivity (Wildman–Crippen MR) is 79.6 cm³/mol. The normalized spacial score (nSPS) is 16.5. The predicted octanol–water partition coefficient (Wildman–Crippen LogP) is 3.34. The Balaban J connectivity index is 1.92. The molecular formula is C13H16BrClN2O2. The van der Waals surface area contributed by atoms with Gasteiger partial charge in [-0.25, -0.2) is 4.79 Å². The van der Waals surface area contributed by atoms with Gasteiger partial charge in [-0.2, -0.15) is 0 Å². The van der Waals surface area contributed by atoms with E-state index in [1.165, 1.54) is 0 Å². The smallest absolute Gasteiger partial charge is 0.321 e. The topological polar surface area (TPSA) is 52.6 Å². The van der Waals surface area contributed by atoms with E-state index in [1.54, 1.807) is 23.1 Å². The number of aliphatic hydroxyl groups excluding tert-OH is 1. The summed E-state index contributed by atoms with van der Waals surface area (Å²) in [6.45, 7) is 1.58. The summed E-state index contributed by atoms with van der Waals surface area (Å²) in [7, 11) is 0. The molecule has 19 heavy (non-hydrogen) atoms. The summed E-state index contributed by atoms with van der Waals surface area (Å²) < 4.78 is 0.756. The van der Waals surface area contributed by atoms with Crippen LogP contribution in [-0.4, -0.2) is 35.7 Å². The average molecular weight is 348 g/mol. The van der Waals surface area contributed by atoms with Crippen molar-refractivity contribution in [1.29, 1.82) is 0 Å². The van der Waals surface area contributed by atoms with Gasteiger partial charge in [0.1, 0.15) is 0 Å². The van der Waals surface area contributed by atoms with E-state index in [0.29, 0.717) is 29.7 Å². The van der Waals surface area contributed by atoms with E-state index in [1.807, 2.05) is 0 Å². The van der Waals surface area contributed by atoms with Crippen molar-refractivity contribution >= 4 is 39.2 Å². The van der Waals surface area contributed by atoms with Gasteiger partial charge in [-0.3, -0.25) is 0 Å². The molecule has 1 heterocycles. The summed E-state index contributed by atoms with van der Waals surface area (Å²) in [5.41, 5.74) is 0.713. The number of rotatable bonds is 2. The van der Waals surface area contributed by atoms with Crippen LogP contribution in [0.25, 0.3) is 0 Å². The molecule has 2 amide bonds. The Hall–Kier alpha value is -0.780. The van der Waals surface area contributed by atoms with Crippen molar-refractivity contribution in [3.8, 4) is 0 Å². The second kappa shape index (κ2) is 6.59. The first kappa shape index (κ1) is 14.6. The minimum atomic E-state index is -0.106. The molecule has 0 saturated carbocycles. The van der Waals surface area contributed by atoms with Crippen LogP contribution < -0.4 is 5.32 Å². The van der Waals surface area contributed by atoms with Gasteiger partial charge in [0.25, 0.3) is 0 Å². The van der Waals surface area contributed by atoms with Crippen molar-refractivity contribution in [2.24, 2.45) is 5.92 Å². The molecule has 1 aromatic rings. The number of amides is 2. The van der Waals surface area contributed by atoms with Crippen molar-refractivity contribution in [3.63, 3.8) is 0 Å². The number of hydrogen-bond acceptors (Lipinski definition) is 2. The molecule has 1 saturated heterocycles. The SMILES string of the molecule is O=C(Nc1ccc(Cl)c(Br)c1)N1CCC(CO)CC1. The number of benzene rings is 1. The first-order valence-electron chi connectivity index (χ1n) is 6.22. The zero-order valence-corrected chi connectivity index (χ0v) is 12.7. The molecule has 104 valence electrons. The number of piperidine rings is 1. The molecule has 1 fully saturated rings. The van der Waals surface area contributed by atoms with Crippen molar-refractivity contribution in [3.05, 3.63) is 27.7 Å². The molecule has 0 bridgehead atoms. The van der Waals surface area contributed by atoms with Gasteiger partial charge in [0, 0.05) is 29.9 Å². The Kier molecular flexibility index (Phi) is 5.07. The molecule has 1 aliphatic rings. The molecule has 0 spiro atoms. The molecule has 1 aliphatic heterocycles. The van der Waals surface area contributed by atoms with Gasteiger partial charge >= 0.3 is 6.03 Å². The first-order chi connectivity index (χ1) is 9.10. The van der Waals surface area contributed by atoms with Crippen LogP contribution in [0, 0.1) is 5.92 Å². The largest absolute Gasteiger partial charge is 0.396 e. The number of aliphatic hydroxyl groups is 1. The summed E-state index contributed by atoms with van der Waals surface area (Å²) in [5.74, 6) is 0.328. The van der Waals surface area contributed by atoms with Gasteiger partial charge in [0.15, 0.2) is 0 Å². The molecule has 0 radical (unpaired) electrons. The summed E-state index contributed by atoms with van der Waals surface area (Å²) >= 11 is 9.23. The molecule has 6 heteroatoms. The van der Waals surface area contributed by atoms with Crippen LogP contribution in [0.15, 0.2) is 22.7 Å². The highest BCUT2D eigenvalue weighted by molar-refractivity contribution is 9.10. The van der Waals surface area contributed by atoms with Crippen LogP contribution in [0.5, 0.6) is 0 Å². The number of nitrogens with one attached hydrogen (secondary N) is 1. The molecule has 1 aromatic carbocycles. The van der Waals surface area contributed by atoms with E-state index < -0.39 is 0 Å². The van der Waals surface area contributed by atoms with E-state index in [0.717, 1.165) is 17.3 Å². The second-order valence-electron chi connectivity index (χ2n) is 4.67. The zero-order valence-electron chi connectivity index (χ0n) is 10.4. The van der Waals surface area contributed by atoms with E-state index in [4.69, 9.17) is 16.7 Å². The lowest BCUT2D eigenvalue weighted by atomic mass is 9.98. The molecule has 0 aromatic heterocycles. The maximum Gasteiger partial charge on any atom is 0.321 e. The minimum absolute atomic E-state index is 0.106. The number of anilines is 1. The number of nitrogens with zero attached hydrogens (tertiary/aromatic N) is 1. The van der Waals surface area contributed by atoms with Crippen molar-refractivity contribution in [2.45, 2.75) is 12.8 Å². The third-order valence-corrected chi connectivity index (χ3v) is 4.54. The summed E-state index contributed by atoms with van der Waals surface area (Å²) in [5, 5.41) is 12.5. The summed E-state index contributed by atoms with van der Waals surface area (Å²) in [4.78, 5) is 13.8. The van der Waals surface area contributed by atoms with Crippen LogP contribution in [-0.2, 0) is 0 Å². The van der Waals surface area contributed by atoms with Crippen LogP contribution >= 0.6 is 27.5 Å². The van der Waals surface area contributed by atoms with Gasteiger partial charge in [0.2, 0.25) is 0 Å². The van der Waals surface area contributed by atoms with E-state index in [9.17, 15) is 4.79 Å². The van der Waals surface area contributed by atoms with Gasteiger partial charge < -0.3 is 15.3 Å². The Bertz CT molecular complexity index is 462. The third-order valence-electron chi connectivity index (χ3n) is 3.33. The van der Waals surface area contributed by atoms with Crippen molar-refractivity contribution in [2.75, 3.05) is 25.0 Å². The Labute approximate surface area is 125 Å². The lowest BCUT2D eigenvalue weighted by molar-refractivity contribution is 0.143. The first-order valence-corrected chi connectivity index (χ1v) is 7.39. The van der Waals surface area contributed by atoms with Gasteiger partial charge in [-0.05, 0) is 52.9 Å². The summed E-state index contributed by atoms with van der Waals surface area (Å²) in [6.07, 6.45) is 1.71. The van der Waals surface area contributed by atoms with Crippen molar-refractivity contribution in [1.82, 2.24) is 4.90 Å². The van der Waals surface area contributed by atoms with Crippen LogP contribution in [0.4, 0.5) is 10.5 Å². The maximum absolute atomic E-state index is 12.1. The van der Waals surface area contributed by atoms with E-state index >= 15 is 0 Å². The molecule has 4 nitrogen and oxygen atoms in total. The van der Waals surface area contributed by atoms with Gasteiger partial charge in [-0.15, -0.1) is 0 Å². The highest BCUT2D eigenvalue weighted by atomic mass is 79.9. The quantitative estimate of drug-likeness (QED) is 0.862. The minimum Gasteiger partial charge on any atom is -0.396 e. The van der Waals surface area contributed by atoms with E-state index in [-0.39, 0.29) is 12.6 Å². The fourth-order valence-corrected chi connectivity index (χ4v) is 2.59. The van der Waals surface area contributed by atoms with Crippen LogP contribution in [0.1, 0.15) is 12.8 Å². The van der Waals surface area contributed by atoms with Gasteiger partial charge in [0.05, 0.1) is 5.02 Å².